The van der Waals surface area contributed by atoms with E-state index in [2.05, 4.69) is 23.7 Å². The van der Waals surface area contributed by atoms with Gasteiger partial charge in [0.25, 0.3) is 0 Å². The van der Waals surface area contributed by atoms with Gasteiger partial charge in [0.15, 0.2) is 0 Å². The summed E-state index contributed by atoms with van der Waals surface area (Å²) in [5.41, 5.74) is 2.22. The Morgan fingerprint density at radius 2 is 2.20 bits per heavy atom. The van der Waals surface area contributed by atoms with Crippen LogP contribution in [0.2, 0.25) is 0 Å². The van der Waals surface area contributed by atoms with Crippen molar-refractivity contribution in [3.05, 3.63) is 57.5 Å². The molecular weight excluding hydrogens is 269 g/mol. The van der Waals surface area contributed by atoms with Crippen LogP contribution >= 0.6 is 11.3 Å². The van der Waals surface area contributed by atoms with Gasteiger partial charge in [0, 0.05) is 22.5 Å². The molecule has 0 saturated carbocycles. The van der Waals surface area contributed by atoms with E-state index in [1.165, 1.54) is 23.3 Å². The lowest BCUT2D eigenvalue weighted by atomic mass is 9.92. The average molecular weight is 289 g/mol. The van der Waals surface area contributed by atoms with Gasteiger partial charge in [-0.25, -0.2) is 4.39 Å². The minimum atomic E-state index is -0.104. The summed E-state index contributed by atoms with van der Waals surface area (Å²) in [7, 11) is 0. The summed E-state index contributed by atoms with van der Waals surface area (Å²) in [4.78, 5) is 1.50. The van der Waals surface area contributed by atoms with E-state index in [-0.39, 0.29) is 11.9 Å². The van der Waals surface area contributed by atoms with Crippen molar-refractivity contribution in [1.82, 2.24) is 5.32 Å². The molecule has 1 aliphatic rings. The Kier molecular flexibility index (Phi) is 4.18. The maximum Gasteiger partial charge on any atom is 0.127 e. The second-order valence-corrected chi connectivity index (χ2v) is 6.39. The van der Waals surface area contributed by atoms with Gasteiger partial charge >= 0.3 is 0 Å². The van der Waals surface area contributed by atoms with Crippen molar-refractivity contribution in [2.24, 2.45) is 0 Å². The van der Waals surface area contributed by atoms with E-state index in [1.54, 1.807) is 12.1 Å². The molecule has 2 unspecified atom stereocenters. The lowest BCUT2D eigenvalue weighted by Gasteiger charge is -2.29. The summed E-state index contributed by atoms with van der Waals surface area (Å²) in [5, 5.41) is 5.85. The zero-order chi connectivity index (χ0) is 13.9. The molecule has 1 aromatic heterocycles. The first-order valence-corrected chi connectivity index (χ1v) is 8.24. The number of hydrogen-bond donors (Lipinski definition) is 1. The molecule has 1 aromatic carbocycles. The number of nitrogens with one attached hydrogen (secondary N) is 1. The van der Waals surface area contributed by atoms with Crippen molar-refractivity contribution in [2.75, 3.05) is 0 Å². The van der Waals surface area contributed by atoms with Crippen LogP contribution in [0.1, 0.15) is 54.3 Å². The Bertz CT molecular complexity index is 578. The van der Waals surface area contributed by atoms with Crippen molar-refractivity contribution in [3.63, 3.8) is 0 Å². The molecule has 2 aromatic rings. The van der Waals surface area contributed by atoms with Gasteiger partial charge in [0.2, 0.25) is 0 Å². The van der Waals surface area contributed by atoms with E-state index < -0.39 is 0 Å². The highest BCUT2D eigenvalue weighted by Crippen LogP contribution is 2.35. The third kappa shape index (κ3) is 2.65. The quantitative estimate of drug-likeness (QED) is 0.834. The Hall–Kier alpha value is -1.19. The molecule has 1 aliphatic carbocycles. The van der Waals surface area contributed by atoms with E-state index in [0.29, 0.717) is 6.04 Å². The summed E-state index contributed by atoms with van der Waals surface area (Å²) < 4.78 is 14.0. The molecule has 0 bridgehead atoms. The number of fused-ring (bicyclic) bond motifs is 1. The highest BCUT2D eigenvalue weighted by atomic mass is 32.1. The Morgan fingerprint density at radius 1 is 1.35 bits per heavy atom. The van der Waals surface area contributed by atoms with Crippen LogP contribution in [0, 0.1) is 5.82 Å². The monoisotopic (exact) mass is 289 g/mol. The minimum absolute atomic E-state index is 0.0899. The topological polar surface area (TPSA) is 12.0 Å². The maximum absolute atomic E-state index is 14.0. The fourth-order valence-electron chi connectivity index (χ4n) is 3.09. The van der Waals surface area contributed by atoms with Crippen LogP contribution in [0.15, 0.2) is 35.7 Å². The van der Waals surface area contributed by atoms with Crippen LogP contribution < -0.4 is 5.32 Å². The largest absolute Gasteiger partial charge is 0.303 e. The second-order valence-electron chi connectivity index (χ2n) is 5.39. The molecule has 3 heteroatoms. The average Bonchev–Trinajstić information content (AvgIpc) is 2.95. The summed E-state index contributed by atoms with van der Waals surface area (Å²) >= 11 is 1.85. The first-order chi connectivity index (χ1) is 9.79. The smallest absolute Gasteiger partial charge is 0.127 e. The van der Waals surface area contributed by atoms with Crippen molar-refractivity contribution in [1.29, 1.82) is 0 Å². The van der Waals surface area contributed by atoms with Crippen LogP contribution in [0.4, 0.5) is 4.39 Å². The Labute approximate surface area is 123 Å². The van der Waals surface area contributed by atoms with Gasteiger partial charge in [-0.3, -0.25) is 0 Å². The summed E-state index contributed by atoms with van der Waals surface area (Å²) in [6.45, 7) is 2.11. The zero-order valence-electron chi connectivity index (χ0n) is 11.7. The first kappa shape index (κ1) is 13.8. The highest BCUT2D eigenvalue weighted by molar-refractivity contribution is 7.10. The van der Waals surface area contributed by atoms with Crippen LogP contribution in [-0.4, -0.2) is 0 Å². The molecule has 0 amide bonds. The highest BCUT2D eigenvalue weighted by Gasteiger charge is 2.24. The summed E-state index contributed by atoms with van der Waals surface area (Å²) in [6.07, 6.45) is 4.46. The second kappa shape index (κ2) is 6.06. The maximum atomic E-state index is 14.0. The summed E-state index contributed by atoms with van der Waals surface area (Å²) in [6, 6.07) is 9.81. The van der Waals surface area contributed by atoms with E-state index in [1.807, 2.05) is 23.5 Å². The molecule has 20 heavy (non-hydrogen) atoms. The number of halogens is 1. The van der Waals surface area contributed by atoms with Crippen molar-refractivity contribution >= 4 is 11.3 Å². The zero-order valence-corrected chi connectivity index (χ0v) is 12.5. The van der Waals surface area contributed by atoms with Crippen LogP contribution in [0.3, 0.4) is 0 Å². The van der Waals surface area contributed by atoms with Crippen molar-refractivity contribution in [2.45, 2.75) is 44.7 Å². The van der Waals surface area contributed by atoms with Crippen molar-refractivity contribution in [3.8, 4) is 0 Å². The van der Waals surface area contributed by atoms with Crippen LogP contribution in [-0.2, 0) is 6.42 Å². The number of benzene rings is 1. The van der Waals surface area contributed by atoms with E-state index in [9.17, 15) is 4.39 Å². The molecule has 0 aliphatic heterocycles. The normalized spacial score (nSPS) is 19.6. The fourth-order valence-corrected chi connectivity index (χ4v) is 4.08. The molecule has 3 rings (SSSR count). The molecule has 0 radical (unpaired) electrons. The molecule has 1 heterocycles. The number of thiophene rings is 1. The van der Waals surface area contributed by atoms with Crippen LogP contribution in [0.5, 0.6) is 0 Å². The van der Waals surface area contributed by atoms with Gasteiger partial charge in [0.1, 0.15) is 5.82 Å². The predicted octanol–water partition coefficient (Wildman–Crippen LogP) is 5.01. The number of hydrogen-bond acceptors (Lipinski definition) is 2. The molecule has 0 fully saturated rings. The lowest BCUT2D eigenvalue weighted by Crippen LogP contribution is -2.28. The van der Waals surface area contributed by atoms with Crippen LogP contribution in [0.25, 0.3) is 0 Å². The van der Waals surface area contributed by atoms with E-state index in [4.69, 9.17) is 0 Å². The van der Waals surface area contributed by atoms with E-state index in [0.717, 1.165) is 18.4 Å². The SMILES string of the molecule is CCC(NC1CCCc2sccc21)c1ccccc1F. The molecule has 0 saturated heterocycles. The van der Waals surface area contributed by atoms with Gasteiger partial charge < -0.3 is 5.32 Å². The Balaban J connectivity index is 1.82. The molecule has 0 spiro atoms. The molecule has 1 nitrogen and oxygen atoms in total. The minimum Gasteiger partial charge on any atom is -0.303 e. The van der Waals surface area contributed by atoms with Gasteiger partial charge in [0.05, 0.1) is 0 Å². The summed E-state index contributed by atoms with van der Waals surface area (Å²) in [5.74, 6) is -0.104. The first-order valence-electron chi connectivity index (χ1n) is 7.36. The van der Waals surface area contributed by atoms with Crippen molar-refractivity contribution < 1.29 is 4.39 Å². The van der Waals surface area contributed by atoms with E-state index >= 15 is 0 Å². The van der Waals surface area contributed by atoms with Gasteiger partial charge in [-0.15, -0.1) is 11.3 Å². The lowest BCUT2D eigenvalue weighted by molar-refractivity contribution is 0.387. The molecule has 2 atom stereocenters. The molecular formula is C17H20FNS. The number of rotatable bonds is 4. The third-order valence-electron chi connectivity index (χ3n) is 4.14. The van der Waals surface area contributed by atoms with Gasteiger partial charge in [-0.2, -0.15) is 0 Å². The fraction of sp³-hybridized carbons (Fsp3) is 0.412. The standard InChI is InChI=1S/C17H20FNS/c1-2-15(12-6-3-4-7-14(12)18)19-16-8-5-9-17-13(16)10-11-20-17/h3-4,6-7,10-11,15-16,19H,2,5,8-9H2,1H3. The molecule has 106 valence electrons. The molecule has 1 N–H and O–H groups in total. The number of aryl methyl sites for hydroxylation is 1. The third-order valence-corrected chi connectivity index (χ3v) is 5.14. The van der Waals surface area contributed by atoms with Gasteiger partial charge in [-0.1, -0.05) is 25.1 Å². The Morgan fingerprint density at radius 3 is 3.00 bits per heavy atom. The van der Waals surface area contributed by atoms with Gasteiger partial charge in [-0.05, 0) is 48.8 Å². The predicted molar refractivity (Wildman–Crippen MR) is 82.6 cm³/mol.